The maximum atomic E-state index is 6.32. The van der Waals surface area contributed by atoms with Gasteiger partial charge in [0.25, 0.3) is 0 Å². The van der Waals surface area contributed by atoms with Crippen molar-refractivity contribution < 1.29 is 4.42 Å². The van der Waals surface area contributed by atoms with Crippen LogP contribution in [0.5, 0.6) is 0 Å². The molecule has 0 unspecified atom stereocenters. The van der Waals surface area contributed by atoms with Gasteiger partial charge >= 0.3 is 0 Å². The molecule has 0 saturated heterocycles. The van der Waals surface area contributed by atoms with E-state index < -0.39 is 0 Å². The fourth-order valence-corrected chi connectivity index (χ4v) is 9.73. The van der Waals surface area contributed by atoms with E-state index in [2.05, 4.69) is 152 Å². The molecule has 0 spiro atoms. The van der Waals surface area contributed by atoms with Crippen molar-refractivity contribution in [3.63, 3.8) is 0 Å². The first-order chi connectivity index (χ1) is 23.5. The van der Waals surface area contributed by atoms with Crippen molar-refractivity contribution in [3.8, 4) is 27.9 Å². The summed E-state index contributed by atoms with van der Waals surface area (Å²) in [6.45, 7) is 4.75. The molecule has 1 aliphatic carbocycles. The van der Waals surface area contributed by atoms with Crippen LogP contribution in [0.25, 0.3) is 91.9 Å². The molecule has 48 heavy (non-hydrogen) atoms. The first-order valence-corrected chi connectivity index (χ1v) is 17.4. The lowest BCUT2D eigenvalue weighted by Gasteiger charge is -2.22. The number of para-hydroxylation sites is 2. The van der Waals surface area contributed by atoms with E-state index in [4.69, 9.17) is 4.42 Å². The summed E-state index contributed by atoms with van der Waals surface area (Å²) in [4.78, 5) is 0. The molecule has 0 atom stereocenters. The predicted molar refractivity (Wildman–Crippen MR) is 204 cm³/mol. The van der Waals surface area contributed by atoms with Crippen molar-refractivity contribution in [2.75, 3.05) is 0 Å². The molecule has 7 aromatic carbocycles. The third-order valence-corrected chi connectivity index (χ3v) is 12.0. The second kappa shape index (κ2) is 9.25. The molecular weight excluding hydrogens is 603 g/mol. The van der Waals surface area contributed by atoms with Crippen LogP contribution in [-0.2, 0) is 5.41 Å². The van der Waals surface area contributed by atoms with Gasteiger partial charge < -0.3 is 8.98 Å². The monoisotopic (exact) mass is 631 g/mol. The summed E-state index contributed by atoms with van der Waals surface area (Å²) in [5.74, 6) is 0. The Morgan fingerprint density at radius 1 is 0.500 bits per heavy atom. The van der Waals surface area contributed by atoms with Gasteiger partial charge in [-0.15, -0.1) is 11.3 Å². The van der Waals surface area contributed by atoms with Crippen LogP contribution in [0.2, 0.25) is 0 Å². The van der Waals surface area contributed by atoms with Crippen molar-refractivity contribution in [1.82, 2.24) is 4.57 Å². The first kappa shape index (κ1) is 26.4. The molecule has 0 saturated carbocycles. The zero-order chi connectivity index (χ0) is 31.7. The zero-order valence-corrected chi connectivity index (χ0v) is 27.4. The minimum absolute atomic E-state index is 0.115. The van der Waals surface area contributed by atoms with E-state index in [1.54, 1.807) is 0 Å². The first-order valence-electron chi connectivity index (χ1n) is 16.6. The summed E-state index contributed by atoms with van der Waals surface area (Å²) in [6, 6.07) is 51.4. The van der Waals surface area contributed by atoms with Crippen LogP contribution < -0.4 is 0 Å². The van der Waals surface area contributed by atoms with Crippen molar-refractivity contribution in [2.45, 2.75) is 19.3 Å². The second-order valence-electron chi connectivity index (χ2n) is 13.7. The molecule has 0 bridgehead atoms. The zero-order valence-electron chi connectivity index (χ0n) is 26.5. The Labute approximate surface area is 281 Å². The molecule has 0 amide bonds. The number of thiophene rings is 1. The van der Waals surface area contributed by atoms with E-state index in [1.165, 1.54) is 81.0 Å². The molecule has 0 aliphatic heterocycles. The fourth-order valence-electron chi connectivity index (χ4n) is 8.49. The van der Waals surface area contributed by atoms with Crippen LogP contribution in [0.4, 0.5) is 0 Å². The highest BCUT2D eigenvalue weighted by atomic mass is 32.1. The van der Waals surface area contributed by atoms with Crippen LogP contribution in [-0.4, -0.2) is 4.57 Å². The third kappa shape index (κ3) is 3.41. The summed E-state index contributed by atoms with van der Waals surface area (Å²) in [7, 11) is 0. The minimum atomic E-state index is -0.115. The van der Waals surface area contributed by atoms with E-state index in [9.17, 15) is 0 Å². The van der Waals surface area contributed by atoms with Gasteiger partial charge in [-0.2, -0.15) is 0 Å². The molecule has 226 valence electrons. The van der Waals surface area contributed by atoms with Gasteiger partial charge in [0.2, 0.25) is 0 Å². The predicted octanol–water partition coefficient (Wildman–Crippen LogP) is 13.0. The Kier molecular flexibility index (Phi) is 5.09. The van der Waals surface area contributed by atoms with E-state index in [0.717, 1.165) is 21.9 Å². The van der Waals surface area contributed by atoms with E-state index in [1.807, 2.05) is 17.4 Å². The Morgan fingerprint density at radius 2 is 1.29 bits per heavy atom. The molecule has 3 heterocycles. The topological polar surface area (TPSA) is 18.1 Å². The molecule has 3 aromatic heterocycles. The number of furan rings is 1. The molecule has 0 N–H and O–H groups in total. The summed E-state index contributed by atoms with van der Waals surface area (Å²) in [5, 5.41) is 7.42. The van der Waals surface area contributed by atoms with Crippen LogP contribution in [0, 0.1) is 0 Å². The van der Waals surface area contributed by atoms with Crippen molar-refractivity contribution >= 4 is 75.3 Å². The van der Waals surface area contributed by atoms with Gasteiger partial charge in [0.15, 0.2) is 0 Å². The molecule has 10 aromatic rings. The molecule has 2 nitrogen and oxygen atoms in total. The van der Waals surface area contributed by atoms with Gasteiger partial charge in [0.1, 0.15) is 11.2 Å². The highest BCUT2D eigenvalue weighted by molar-refractivity contribution is 7.26. The average molecular weight is 632 g/mol. The van der Waals surface area contributed by atoms with Crippen LogP contribution >= 0.6 is 11.3 Å². The number of hydrogen-bond donors (Lipinski definition) is 0. The molecule has 1 aliphatic rings. The lowest BCUT2D eigenvalue weighted by atomic mass is 9.81. The number of rotatable bonds is 2. The number of aromatic nitrogens is 1. The van der Waals surface area contributed by atoms with Gasteiger partial charge in [-0.05, 0) is 81.9 Å². The summed E-state index contributed by atoms with van der Waals surface area (Å²) < 4.78 is 11.5. The van der Waals surface area contributed by atoms with Crippen LogP contribution in [0.3, 0.4) is 0 Å². The maximum Gasteiger partial charge on any atom is 0.136 e. The summed E-state index contributed by atoms with van der Waals surface area (Å²) in [6.07, 6.45) is 0. The lowest BCUT2D eigenvalue weighted by Crippen LogP contribution is -2.15. The van der Waals surface area contributed by atoms with Crippen molar-refractivity contribution in [2.24, 2.45) is 0 Å². The maximum absolute atomic E-state index is 6.32. The van der Waals surface area contributed by atoms with E-state index >= 15 is 0 Å². The Balaban J connectivity index is 1.11. The average Bonchev–Trinajstić information content (AvgIpc) is 3.84. The van der Waals surface area contributed by atoms with Crippen LogP contribution in [0.1, 0.15) is 25.0 Å². The number of nitrogens with zero attached hydrogens (tertiary/aromatic N) is 1. The second-order valence-corrected chi connectivity index (χ2v) is 14.8. The fraction of sp³-hybridized carbons (Fsp3) is 0.0667. The Hall–Kier alpha value is -5.64. The molecule has 0 fully saturated rings. The van der Waals surface area contributed by atoms with E-state index in [-0.39, 0.29) is 5.41 Å². The smallest absolute Gasteiger partial charge is 0.136 e. The number of fused-ring (bicyclic) bond motifs is 12. The molecule has 11 rings (SSSR count). The van der Waals surface area contributed by atoms with Crippen molar-refractivity contribution in [1.29, 1.82) is 0 Å². The van der Waals surface area contributed by atoms with Gasteiger partial charge in [-0.25, -0.2) is 0 Å². The third-order valence-electron chi connectivity index (χ3n) is 10.8. The van der Waals surface area contributed by atoms with Crippen molar-refractivity contribution in [3.05, 3.63) is 151 Å². The van der Waals surface area contributed by atoms with E-state index in [0.29, 0.717) is 0 Å². The Bertz CT molecular complexity index is 2990. The van der Waals surface area contributed by atoms with Gasteiger partial charge in [-0.1, -0.05) is 105 Å². The largest absolute Gasteiger partial charge is 0.456 e. The molecule has 0 radical (unpaired) electrons. The highest BCUT2D eigenvalue weighted by Crippen LogP contribution is 2.51. The summed E-state index contributed by atoms with van der Waals surface area (Å²) in [5.41, 5.74) is 13.3. The summed E-state index contributed by atoms with van der Waals surface area (Å²) >= 11 is 1.90. The SMILES string of the molecule is CC1(C)c2ccc(-n3c4ccccc4c4cc5oc6ccccc6c5cc43)cc2-c2ccc(-c3cccc4c3sc3ccccc34)cc21. The lowest BCUT2D eigenvalue weighted by molar-refractivity contribution is 0.660. The molecular formula is C45H29NOS. The highest BCUT2D eigenvalue weighted by Gasteiger charge is 2.36. The standard InChI is InChI=1S/C45H29NOS/c1-45(2)37-21-19-27(46-39-15-6-3-10-30(39)35-25-42-36(24-40(35)46)31-11-4-7-16-41(31)47-42)23-34(37)29-20-18-26(22-38(29)45)28-13-9-14-33-32-12-5-8-17-43(32)48-44(28)33/h3-25H,1-2H3. The van der Waals surface area contributed by atoms with Crippen LogP contribution in [0.15, 0.2) is 144 Å². The Morgan fingerprint density at radius 3 is 2.21 bits per heavy atom. The quantitative estimate of drug-likeness (QED) is 0.186. The number of hydrogen-bond acceptors (Lipinski definition) is 2. The number of benzene rings is 7. The normalized spacial score (nSPS) is 13.8. The van der Waals surface area contributed by atoms with Gasteiger partial charge in [0.05, 0.1) is 11.0 Å². The molecule has 3 heteroatoms. The minimum Gasteiger partial charge on any atom is -0.456 e. The van der Waals surface area contributed by atoms with Gasteiger partial charge in [0, 0.05) is 52.8 Å². The van der Waals surface area contributed by atoms with Gasteiger partial charge in [-0.3, -0.25) is 0 Å².